The summed E-state index contributed by atoms with van der Waals surface area (Å²) in [5.41, 5.74) is 8.67. The molecule has 0 radical (unpaired) electrons. The first-order chi connectivity index (χ1) is 8.72. The summed E-state index contributed by atoms with van der Waals surface area (Å²) in [7, 11) is 1.65. The maximum atomic E-state index is 5.96. The van der Waals surface area contributed by atoms with Crippen LogP contribution in [0.4, 0.5) is 5.69 Å². The number of hydrogen-bond donors (Lipinski definition) is 1. The fraction of sp³-hybridized carbons (Fsp3) is 0.200. The Labute approximate surface area is 107 Å². The number of ether oxygens (including phenoxy) is 2. The summed E-state index contributed by atoms with van der Waals surface area (Å²) in [5.74, 6) is 1.53. The molecule has 0 fully saturated rings. The van der Waals surface area contributed by atoms with Crippen LogP contribution < -0.4 is 15.2 Å². The molecule has 0 aliphatic heterocycles. The van der Waals surface area contributed by atoms with Gasteiger partial charge in [0.25, 0.3) is 0 Å². The Balaban J connectivity index is 2.14. The van der Waals surface area contributed by atoms with Crippen molar-refractivity contribution in [1.82, 2.24) is 0 Å². The van der Waals surface area contributed by atoms with Crippen molar-refractivity contribution >= 4 is 5.69 Å². The number of nitrogen functional groups attached to an aromatic ring is 1. The third-order valence-electron chi connectivity index (χ3n) is 2.86. The average Bonchev–Trinajstić information content (AvgIpc) is 2.41. The number of methoxy groups -OCH3 is 1. The number of nitrogens with two attached hydrogens (primary N) is 1. The second-order valence-electron chi connectivity index (χ2n) is 4.09. The highest BCUT2D eigenvalue weighted by atomic mass is 16.5. The summed E-state index contributed by atoms with van der Waals surface area (Å²) >= 11 is 0. The Hall–Kier alpha value is -2.16. The first kappa shape index (κ1) is 12.3. The van der Waals surface area contributed by atoms with Crippen molar-refractivity contribution in [2.45, 2.75) is 13.5 Å². The molecular weight excluding hydrogens is 226 g/mol. The minimum atomic E-state index is 0.442. The van der Waals surface area contributed by atoms with E-state index in [2.05, 4.69) is 0 Å². The van der Waals surface area contributed by atoms with Crippen LogP contribution in [0.2, 0.25) is 0 Å². The topological polar surface area (TPSA) is 44.5 Å². The SMILES string of the molecule is COc1ccccc1COc1cccc(C)c1N. The van der Waals surface area contributed by atoms with E-state index in [0.29, 0.717) is 18.0 Å². The third kappa shape index (κ3) is 2.56. The molecule has 0 spiro atoms. The summed E-state index contributed by atoms with van der Waals surface area (Å²) in [6.45, 7) is 2.41. The second-order valence-corrected chi connectivity index (χ2v) is 4.09. The van der Waals surface area contributed by atoms with Crippen LogP contribution in [0.5, 0.6) is 11.5 Å². The number of hydrogen-bond acceptors (Lipinski definition) is 3. The van der Waals surface area contributed by atoms with E-state index in [1.54, 1.807) is 7.11 Å². The van der Waals surface area contributed by atoms with E-state index >= 15 is 0 Å². The first-order valence-corrected chi connectivity index (χ1v) is 5.82. The maximum Gasteiger partial charge on any atom is 0.142 e. The number of anilines is 1. The fourth-order valence-corrected chi connectivity index (χ4v) is 1.76. The quantitative estimate of drug-likeness (QED) is 0.839. The summed E-state index contributed by atoms with van der Waals surface area (Å²) in [5, 5.41) is 0. The van der Waals surface area contributed by atoms with Crippen molar-refractivity contribution in [2.24, 2.45) is 0 Å². The van der Waals surface area contributed by atoms with Gasteiger partial charge in [0.1, 0.15) is 18.1 Å². The van der Waals surface area contributed by atoms with Crippen LogP contribution in [0.1, 0.15) is 11.1 Å². The molecule has 2 aromatic carbocycles. The van der Waals surface area contributed by atoms with Crippen molar-refractivity contribution in [3.63, 3.8) is 0 Å². The highest BCUT2D eigenvalue weighted by Gasteiger charge is 2.05. The summed E-state index contributed by atoms with van der Waals surface area (Å²) in [6, 6.07) is 13.6. The normalized spacial score (nSPS) is 10.1. The molecule has 0 aromatic heterocycles. The Morgan fingerprint density at radius 1 is 1.00 bits per heavy atom. The largest absolute Gasteiger partial charge is 0.496 e. The monoisotopic (exact) mass is 243 g/mol. The van der Waals surface area contributed by atoms with E-state index in [1.807, 2.05) is 49.4 Å². The maximum absolute atomic E-state index is 5.96. The Kier molecular flexibility index (Phi) is 3.72. The molecule has 0 aliphatic carbocycles. The van der Waals surface area contributed by atoms with Crippen molar-refractivity contribution in [3.05, 3.63) is 53.6 Å². The molecule has 3 heteroatoms. The number of para-hydroxylation sites is 2. The zero-order valence-electron chi connectivity index (χ0n) is 10.6. The molecule has 0 atom stereocenters. The van der Waals surface area contributed by atoms with Gasteiger partial charge in [0.2, 0.25) is 0 Å². The smallest absolute Gasteiger partial charge is 0.142 e. The van der Waals surface area contributed by atoms with Gasteiger partial charge in [-0.1, -0.05) is 30.3 Å². The Morgan fingerprint density at radius 3 is 2.50 bits per heavy atom. The molecule has 18 heavy (non-hydrogen) atoms. The molecule has 0 unspecified atom stereocenters. The molecule has 94 valence electrons. The lowest BCUT2D eigenvalue weighted by atomic mass is 10.2. The van der Waals surface area contributed by atoms with Gasteiger partial charge in [-0.15, -0.1) is 0 Å². The Bertz CT molecular complexity index is 538. The van der Waals surface area contributed by atoms with Crippen LogP contribution >= 0.6 is 0 Å². The van der Waals surface area contributed by atoms with Crippen LogP contribution in [0.3, 0.4) is 0 Å². The number of aryl methyl sites for hydroxylation is 1. The molecule has 3 nitrogen and oxygen atoms in total. The second kappa shape index (κ2) is 5.45. The van der Waals surface area contributed by atoms with Crippen molar-refractivity contribution in [1.29, 1.82) is 0 Å². The van der Waals surface area contributed by atoms with E-state index in [4.69, 9.17) is 15.2 Å². The van der Waals surface area contributed by atoms with Gasteiger partial charge in [0.05, 0.1) is 12.8 Å². The average molecular weight is 243 g/mol. The molecule has 0 amide bonds. The highest BCUT2D eigenvalue weighted by molar-refractivity contribution is 5.57. The number of rotatable bonds is 4. The third-order valence-corrected chi connectivity index (χ3v) is 2.86. The summed E-state index contributed by atoms with van der Waals surface area (Å²) in [4.78, 5) is 0. The molecule has 0 saturated heterocycles. The zero-order valence-corrected chi connectivity index (χ0v) is 10.6. The molecule has 0 saturated carbocycles. The highest BCUT2D eigenvalue weighted by Crippen LogP contribution is 2.26. The molecule has 0 aliphatic rings. The van der Waals surface area contributed by atoms with Crippen LogP contribution in [-0.4, -0.2) is 7.11 Å². The van der Waals surface area contributed by atoms with E-state index in [9.17, 15) is 0 Å². The minimum absolute atomic E-state index is 0.442. The van der Waals surface area contributed by atoms with Crippen molar-refractivity contribution in [2.75, 3.05) is 12.8 Å². The zero-order chi connectivity index (χ0) is 13.0. The van der Waals surface area contributed by atoms with E-state index in [0.717, 1.165) is 16.9 Å². The molecule has 0 heterocycles. The van der Waals surface area contributed by atoms with Crippen LogP contribution in [-0.2, 0) is 6.61 Å². The minimum Gasteiger partial charge on any atom is -0.496 e. The van der Waals surface area contributed by atoms with Gasteiger partial charge in [-0.25, -0.2) is 0 Å². The summed E-state index contributed by atoms with van der Waals surface area (Å²) < 4.78 is 11.0. The van der Waals surface area contributed by atoms with Crippen LogP contribution in [0, 0.1) is 6.92 Å². The van der Waals surface area contributed by atoms with Crippen molar-refractivity contribution in [3.8, 4) is 11.5 Å². The lowest BCUT2D eigenvalue weighted by Crippen LogP contribution is -2.01. The van der Waals surface area contributed by atoms with Crippen molar-refractivity contribution < 1.29 is 9.47 Å². The van der Waals surface area contributed by atoms with Gasteiger partial charge in [-0.05, 0) is 24.6 Å². The van der Waals surface area contributed by atoms with E-state index in [-0.39, 0.29) is 0 Å². The van der Waals surface area contributed by atoms with Gasteiger partial charge in [0.15, 0.2) is 0 Å². The van der Waals surface area contributed by atoms with Gasteiger partial charge in [-0.3, -0.25) is 0 Å². The lowest BCUT2D eigenvalue weighted by molar-refractivity contribution is 0.298. The molecule has 2 rings (SSSR count). The van der Waals surface area contributed by atoms with Crippen LogP contribution in [0.25, 0.3) is 0 Å². The van der Waals surface area contributed by atoms with E-state index in [1.165, 1.54) is 0 Å². The standard InChI is InChI=1S/C15H17NO2/c1-11-6-5-9-14(15(11)16)18-10-12-7-3-4-8-13(12)17-2/h3-9H,10,16H2,1-2H3. The first-order valence-electron chi connectivity index (χ1n) is 5.82. The van der Waals surface area contributed by atoms with Gasteiger partial charge < -0.3 is 15.2 Å². The molecular formula is C15H17NO2. The van der Waals surface area contributed by atoms with Gasteiger partial charge in [0, 0.05) is 5.56 Å². The molecule has 2 N–H and O–H groups in total. The molecule has 0 bridgehead atoms. The predicted molar refractivity (Wildman–Crippen MR) is 72.9 cm³/mol. The Morgan fingerprint density at radius 2 is 1.72 bits per heavy atom. The van der Waals surface area contributed by atoms with E-state index < -0.39 is 0 Å². The number of benzene rings is 2. The predicted octanol–water partition coefficient (Wildman–Crippen LogP) is 3.16. The van der Waals surface area contributed by atoms with Gasteiger partial charge >= 0.3 is 0 Å². The lowest BCUT2D eigenvalue weighted by Gasteiger charge is -2.12. The van der Waals surface area contributed by atoms with Crippen LogP contribution in [0.15, 0.2) is 42.5 Å². The van der Waals surface area contributed by atoms with Gasteiger partial charge in [-0.2, -0.15) is 0 Å². The fourth-order valence-electron chi connectivity index (χ4n) is 1.76. The molecule has 2 aromatic rings. The summed E-state index contributed by atoms with van der Waals surface area (Å²) in [6.07, 6.45) is 0.